The maximum absolute atomic E-state index is 11.0. The van der Waals surface area contributed by atoms with Crippen LogP contribution in [0, 0.1) is 10.1 Å². The Bertz CT molecular complexity index is 685. The molecule has 1 unspecified atom stereocenters. The van der Waals surface area contributed by atoms with Gasteiger partial charge >= 0.3 is 0 Å². The van der Waals surface area contributed by atoms with Crippen LogP contribution in [0.2, 0.25) is 0 Å². The van der Waals surface area contributed by atoms with E-state index in [2.05, 4.69) is 22.8 Å². The Hall–Kier alpha value is -2.40. The number of nitro benzene ring substituents is 1. The lowest BCUT2D eigenvalue weighted by Crippen LogP contribution is -2.31. The maximum atomic E-state index is 11.0. The molecule has 3 rings (SSSR count). The van der Waals surface area contributed by atoms with E-state index in [0.717, 1.165) is 24.2 Å². The molecule has 1 heterocycles. The van der Waals surface area contributed by atoms with Crippen molar-refractivity contribution < 1.29 is 4.92 Å². The van der Waals surface area contributed by atoms with Gasteiger partial charge in [-0.2, -0.15) is 0 Å². The standard InChI is InChI=1S/C16H17N3O2/c1-17-15-7-6-12(19(20)21)10-14(15)16-13-5-3-2-4-11(13)8-9-18-16/h2-7,10,16-18H,8-9H2,1H3. The van der Waals surface area contributed by atoms with Crippen LogP contribution in [0.4, 0.5) is 11.4 Å². The summed E-state index contributed by atoms with van der Waals surface area (Å²) in [4.78, 5) is 10.7. The van der Waals surface area contributed by atoms with Crippen LogP contribution in [0.15, 0.2) is 42.5 Å². The van der Waals surface area contributed by atoms with E-state index in [-0.39, 0.29) is 16.7 Å². The van der Waals surface area contributed by atoms with Crippen molar-refractivity contribution in [3.63, 3.8) is 0 Å². The molecule has 1 aliphatic heterocycles. The van der Waals surface area contributed by atoms with Crippen LogP contribution in [0.1, 0.15) is 22.7 Å². The molecule has 2 aromatic rings. The molecule has 108 valence electrons. The second kappa shape index (κ2) is 5.54. The number of nitrogens with zero attached hydrogens (tertiary/aromatic N) is 1. The van der Waals surface area contributed by atoms with Crippen LogP contribution < -0.4 is 10.6 Å². The van der Waals surface area contributed by atoms with E-state index in [1.165, 1.54) is 17.2 Å². The summed E-state index contributed by atoms with van der Waals surface area (Å²) in [6.07, 6.45) is 0.983. The van der Waals surface area contributed by atoms with Crippen LogP contribution in [-0.2, 0) is 6.42 Å². The van der Waals surface area contributed by atoms with Gasteiger partial charge in [0.15, 0.2) is 0 Å². The van der Waals surface area contributed by atoms with Gasteiger partial charge in [-0.25, -0.2) is 0 Å². The van der Waals surface area contributed by atoms with Crippen molar-refractivity contribution in [2.75, 3.05) is 18.9 Å². The third-order valence-corrected chi connectivity index (χ3v) is 3.94. The number of rotatable bonds is 3. The second-order valence-corrected chi connectivity index (χ2v) is 5.11. The van der Waals surface area contributed by atoms with Gasteiger partial charge in [0.1, 0.15) is 0 Å². The molecule has 0 fully saturated rings. The summed E-state index contributed by atoms with van der Waals surface area (Å²) in [6, 6.07) is 13.2. The topological polar surface area (TPSA) is 67.2 Å². The number of non-ortho nitro benzene ring substituents is 1. The molecule has 5 nitrogen and oxygen atoms in total. The molecular weight excluding hydrogens is 266 g/mol. The first-order chi connectivity index (χ1) is 10.2. The van der Waals surface area contributed by atoms with Crippen LogP contribution in [0.25, 0.3) is 0 Å². The quantitative estimate of drug-likeness (QED) is 0.671. The van der Waals surface area contributed by atoms with E-state index >= 15 is 0 Å². The minimum absolute atomic E-state index is 0.0164. The van der Waals surface area contributed by atoms with E-state index in [4.69, 9.17) is 0 Å². The Balaban J connectivity index is 2.12. The fourth-order valence-corrected chi connectivity index (χ4v) is 2.91. The molecule has 5 heteroatoms. The van der Waals surface area contributed by atoms with E-state index in [0.29, 0.717) is 0 Å². The minimum atomic E-state index is -0.350. The summed E-state index contributed by atoms with van der Waals surface area (Å²) in [5, 5.41) is 17.6. The van der Waals surface area contributed by atoms with Crippen LogP contribution in [-0.4, -0.2) is 18.5 Å². The predicted octanol–water partition coefficient (Wildman–Crippen LogP) is 2.87. The van der Waals surface area contributed by atoms with Gasteiger partial charge in [0.05, 0.1) is 11.0 Å². The fraction of sp³-hybridized carbons (Fsp3) is 0.250. The summed E-state index contributed by atoms with van der Waals surface area (Å²) in [5.74, 6) is 0. The molecule has 0 radical (unpaired) electrons. The summed E-state index contributed by atoms with van der Waals surface area (Å²) in [5.41, 5.74) is 4.44. The number of hydrogen-bond donors (Lipinski definition) is 2. The zero-order valence-electron chi connectivity index (χ0n) is 11.8. The van der Waals surface area contributed by atoms with E-state index < -0.39 is 0 Å². The van der Waals surface area contributed by atoms with E-state index in [1.807, 2.05) is 19.2 Å². The summed E-state index contributed by atoms with van der Waals surface area (Å²) >= 11 is 0. The van der Waals surface area contributed by atoms with Crippen molar-refractivity contribution in [2.45, 2.75) is 12.5 Å². The highest BCUT2D eigenvalue weighted by Gasteiger charge is 2.24. The molecule has 2 N–H and O–H groups in total. The fourth-order valence-electron chi connectivity index (χ4n) is 2.91. The lowest BCUT2D eigenvalue weighted by atomic mass is 9.89. The highest BCUT2D eigenvalue weighted by Crippen LogP contribution is 2.34. The van der Waals surface area contributed by atoms with Crippen molar-refractivity contribution in [3.05, 3.63) is 69.3 Å². The second-order valence-electron chi connectivity index (χ2n) is 5.11. The van der Waals surface area contributed by atoms with Crippen LogP contribution in [0.5, 0.6) is 0 Å². The number of nitro groups is 1. The number of benzene rings is 2. The first-order valence-electron chi connectivity index (χ1n) is 6.98. The lowest BCUT2D eigenvalue weighted by molar-refractivity contribution is -0.384. The summed E-state index contributed by atoms with van der Waals surface area (Å²) in [6.45, 7) is 0.869. The summed E-state index contributed by atoms with van der Waals surface area (Å²) < 4.78 is 0. The molecule has 0 bridgehead atoms. The van der Waals surface area contributed by atoms with Gasteiger partial charge in [0.25, 0.3) is 5.69 Å². The zero-order valence-corrected chi connectivity index (χ0v) is 11.8. The summed E-state index contributed by atoms with van der Waals surface area (Å²) in [7, 11) is 1.83. The number of hydrogen-bond acceptors (Lipinski definition) is 4. The zero-order chi connectivity index (χ0) is 14.8. The van der Waals surface area contributed by atoms with Crippen molar-refractivity contribution in [3.8, 4) is 0 Å². The molecule has 0 saturated heterocycles. The van der Waals surface area contributed by atoms with Gasteiger partial charge in [-0.15, -0.1) is 0 Å². The SMILES string of the molecule is CNc1ccc([N+](=O)[O-])cc1C1NCCc2ccccc21. The molecule has 0 saturated carbocycles. The van der Waals surface area contributed by atoms with Gasteiger partial charge < -0.3 is 10.6 Å². The van der Waals surface area contributed by atoms with Gasteiger partial charge in [-0.1, -0.05) is 24.3 Å². The largest absolute Gasteiger partial charge is 0.388 e. The van der Waals surface area contributed by atoms with E-state index in [9.17, 15) is 10.1 Å². The minimum Gasteiger partial charge on any atom is -0.388 e. The third kappa shape index (κ3) is 2.48. The van der Waals surface area contributed by atoms with Gasteiger partial charge in [0.2, 0.25) is 0 Å². The first kappa shape index (κ1) is 13.6. The average Bonchev–Trinajstić information content (AvgIpc) is 2.53. The molecule has 1 atom stereocenters. The molecular formula is C16H17N3O2. The maximum Gasteiger partial charge on any atom is 0.269 e. The van der Waals surface area contributed by atoms with E-state index in [1.54, 1.807) is 12.1 Å². The molecule has 0 spiro atoms. The molecule has 0 aliphatic carbocycles. The number of fused-ring (bicyclic) bond motifs is 1. The Morgan fingerprint density at radius 2 is 2.05 bits per heavy atom. The van der Waals surface area contributed by atoms with Crippen LogP contribution in [0.3, 0.4) is 0 Å². The van der Waals surface area contributed by atoms with Crippen molar-refractivity contribution in [1.82, 2.24) is 5.32 Å². The molecule has 0 aromatic heterocycles. The Labute approximate surface area is 123 Å². The van der Waals surface area contributed by atoms with Crippen molar-refractivity contribution in [1.29, 1.82) is 0 Å². The molecule has 2 aromatic carbocycles. The number of anilines is 1. The molecule has 21 heavy (non-hydrogen) atoms. The third-order valence-electron chi connectivity index (χ3n) is 3.94. The normalized spacial score (nSPS) is 17.1. The van der Waals surface area contributed by atoms with Gasteiger partial charge in [-0.3, -0.25) is 10.1 Å². The first-order valence-corrected chi connectivity index (χ1v) is 6.98. The Kier molecular flexibility index (Phi) is 3.58. The predicted molar refractivity (Wildman–Crippen MR) is 82.6 cm³/mol. The average molecular weight is 283 g/mol. The lowest BCUT2D eigenvalue weighted by Gasteiger charge is -2.28. The molecule has 0 amide bonds. The Morgan fingerprint density at radius 3 is 2.81 bits per heavy atom. The smallest absolute Gasteiger partial charge is 0.269 e. The highest BCUT2D eigenvalue weighted by molar-refractivity contribution is 5.59. The Morgan fingerprint density at radius 1 is 1.24 bits per heavy atom. The van der Waals surface area contributed by atoms with Crippen molar-refractivity contribution in [2.24, 2.45) is 0 Å². The molecule has 1 aliphatic rings. The number of nitrogens with one attached hydrogen (secondary N) is 2. The highest BCUT2D eigenvalue weighted by atomic mass is 16.6. The van der Waals surface area contributed by atoms with Gasteiger partial charge in [-0.05, 0) is 23.6 Å². The van der Waals surface area contributed by atoms with Crippen molar-refractivity contribution >= 4 is 11.4 Å². The monoisotopic (exact) mass is 283 g/mol. The van der Waals surface area contributed by atoms with Gasteiger partial charge in [0, 0.05) is 37.0 Å². The van der Waals surface area contributed by atoms with Crippen LogP contribution >= 0.6 is 0 Å².